The van der Waals surface area contributed by atoms with Crippen LogP contribution in [0, 0.1) is 0 Å². The van der Waals surface area contributed by atoms with Crippen LogP contribution in [0.3, 0.4) is 0 Å². The summed E-state index contributed by atoms with van der Waals surface area (Å²) in [6, 6.07) is 9.86. The van der Waals surface area contributed by atoms with E-state index in [0.717, 1.165) is 42.7 Å². The first-order valence-electron chi connectivity index (χ1n) is 10.2. The quantitative estimate of drug-likeness (QED) is 0.540. The van der Waals surface area contributed by atoms with Crippen molar-refractivity contribution in [1.82, 2.24) is 25.3 Å². The zero-order valence-electron chi connectivity index (χ0n) is 17.0. The monoisotopic (exact) mass is 384 g/mol. The van der Waals surface area contributed by atoms with Crippen LogP contribution in [0.2, 0.25) is 0 Å². The average molecular weight is 385 g/mol. The van der Waals surface area contributed by atoms with E-state index in [1.807, 2.05) is 41.2 Å². The van der Waals surface area contributed by atoms with Gasteiger partial charge in [0, 0.05) is 25.8 Å². The number of hydrogen-bond donors (Lipinski definition) is 2. The van der Waals surface area contributed by atoms with Crippen LogP contribution in [-0.2, 0) is 6.54 Å². The Kier molecular flexibility index (Phi) is 7.72. The Morgan fingerprint density at radius 2 is 1.89 bits per heavy atom. The standard InChI is InChI=1S/C21H32N6O/c1-3-22-21(23-12-16-26-13-5-4-6-14-26)24-17-18-11-15-27(25-18)19-7-9-20(28-2)10-8-19/h7-11,15H,3-6,12-14,16-17H2,1-2H3,(H2,22,23,24). The molecule has 0 amide bonds. The van der Waals surface area contributed by atoms with E-state index in [9.17, 15) is 0 Å². The third-order valence-electron chi connectivity index (χ3n) is 4.89. The van der Waals surface area contributed by atoms with E-state index in [1.165, 1.54) is 32.4 Å². The second-order valence-corrected chi connectivity index (χ2v) is 6.97. The molecule has 0 radical (unpaired) electrons. The van der Waals surface area contributed by atoms with Crippen molar-refractivity contribution in [3.63, 3.8) is 0 Å². The fraction of sp³-hybridized carbons (Fsp3) is 0.524. The van der Waals surface area contributed by atoms with Crippen LogP contribution >= 0.6 is 0 Å². The van der Waals surface area contributed by atoms with E-state index >= 15 is 0 Å². The van der Waals surface area contributed by atoms with E-state index in [2.05, 4.69) is 32.5 Å². The largest absolute Gasteiger partial charge is 0.497 e. The molecule has 0 aliphatic carbocycles. The van der Waals surface area contributed by atoms with Crippen LogP contribution in [0.5, 0.6) is 5.75 Å². The second kappa shape index (κ2) is 10.7. The summed E-state index contributed by atoms with van der Waals surface area (Å²) in [6.45, 7) is 7.89. The van der Waals surface area contributed by atoms with Crippen LogP contribution in [-0.4, -0.2) is 60.5 Å². The lowest BCUT2D eigenvalue weighted by atomic mass is 10.1. The molecule has 0 atom stereocenters. The van der Waals surface area contributed by atoms with Gasteiger partial charge in [-0.2, -0.15) is 5.10 Å². The lowest BCUT2D eigenvalue weighted by Crippen LogP contribution is -2.42. The van der Waals surface area contributed by atoms with E-state index in [1.54, 1.807) is 7.11 Å². The highest BCUT2D eigenvalue weighted by molar-refractivity contribution is 5.79. The Morgan fingerprint density at radius 1 is 1.11 bits per heavy atom. The summed E-state index contributed by atoms with van der Waals surface area (Å²) in [7, 11) is 1.67. The lowest BCUT2D eigenvalue weighted by molar-refractivity contribution is 0.232. The summed E-state index contributed by atoms with van der Waals surface area (Å²) in [5.74, 6) is 1.69. The average Bonchev–Trinajstić information content (AvgIpc) is 3.22. The van der Waals surface area contributed by atoms with Gasteiger partial charge >= 0.3 is 0 Å². The third-order valence-corrected chi connectivity index (χ3v) is 4.89. The molecule has 0 unspecified atom stereocenters. The molecule has 2 N–H and O–H groups in total. The molecule has 0 spiro atoms. The number of hydrogen-bond acceptors (Lipinski definition) is 4. The zero-order valence-corrected chi connectivity index (χ0v) is 17.0. The van der Waals surface area contributed by atoms with Gasteiger partial charge in [0.15, 0.2) is 5.96 Å². The van der Waals surface area contributed by atoms with Crippen LogP contribution in [0.1, 0.15) is 31.9 Å². The number of aliphatic imine (C=N–C) groups is 1. The number of nitrogens with zero attached hydrogens (tertiary/aromatic N) is 4. The van der Waals surface area contributed by atoms with Gasteiger partial charge in [-0.15, -0.1) is 0 Å². The smallest absolute Gasteiger partial charge is 0.191 e. The third kappa shape index (κ3) is 5.99. The van der Waals surface area contributed by atoms with Crippen LogP contribution in [0.25, 0.3) is 5.69 Å². The zero-order chi connectivity index (χ0) is 19.6. The molecule has 1 aliphatic rings. The number of piperidine rings is 1. The maximum Gasteiger partial charge on any atom is 0.191 e. The maximum atomic E-state index is 5.20. The van der Waals surface area contributed by atoms with Crippen molar-refractivity contribution >= 4 is 5.96 Å². The normalized spacial score (nSPS) is 15.4. The minimum absolute atomic E-state index is 0.544. The Hall–Kier alpha value is -2.54. The Labute approximate surface area is 167 Å². The molecule has 7 nitrogen and oxygen atoms in total. The number of aromatic nitrogens is 2. The van der Waals surface area contributed by atoms with Gasteiger partial charge < -0.3 is 20.3 Å². The van der Waals surface area contributed by atoms with E-state index in [4.69, 9.17) is 4.74 Å². The number of ether oxygens (including phenoxy) is 1. The molecular formula is C21H32N6O. The number of likely N-dealkylation sites (tertiary alicyclic amines) is 1. The Morgan fingerprint density at radius 3 is 2.61 bits per heavy atom. The molecule has 0 bridgehead atoms. The molecule has 1 aromatic carbocycles. The van der Waals surface area contributed by atoms with Gasteiger partial charge in [0.25, 0.3) is 0 Å². The molecule has 28 heavy (non-hydrogen) atoms. The molecule has 152 valence electrons. The Balaban J connectivity index is 1.52. The molecular weight excluding hydrogens is 352 g/mol. The summed E-state index contributed by atoms with van der Waals surface area (Å²) < 4.78 is 7.07. The minimum atomic E-state index is 0.544. The van der Waals surface area contributed by atoms with Gasteiger partial charge in [-0.25, -0.2) is 9.67 Å². The first-order valence-corrected chi connectivity index (χ1v) is 10.2. The van der Waals surface area contributed by atoms with Gasteiger partial charge in [0.05, 0.1) is 25.0 Å². The van der Waals surface area contributed by atoms with Crippen molar-refractivity contribution < 1.29 is 4.74 Å². The SMILES string of the molecule is CCNC(=NCc1ccn(-c2ccc(OC)cc2)n1)NCCN1CCCCC1. The molecule has 1 saturated heterocycles. The van der Waals surface area contributed by atoms with E-state index in [0.29, 0.717) is 6.54 Å². The fourth-order valence-corrected chi connectivity index (χ4v) is 3.34. The van der Waals surface area contributed by atoms with E-state index in [-0.39, 0.29) is 0 Å². The van der Waals surface area contributed by atoms with Gasteiger partial charge in [0.1, 0.15) is 5.75 Å². The first-order chi connectivity index (χ1) is 13.8. The maximum absolute atomic E-state index is 5.20. The van der Waals surface area contributed by atoms with Crippen LogP contribution in [0.15, 0.2) is 41.5 Å². The number of methoxy groups -OCH3 is 1. The molecule has 1 aromatic heterocycles. The fourth-order valence-electron chi connectivity index (χ4n) is 3.34. The summed E-state index contributed by atoms with van der Waals surface area (Å²) in [5.41, 5.74) is 1.94. The van der Waals surface area contributed by atoms with Crippen LogP contribution < -0.4 is 15.4 Å². The molecule has 1 fully saturated rings. The summed E-state index contributed by atoms with van der Waals surface area (Å²) in [5, 5.41) is 11.4. The van der Waals surface area contributed by atoms with Crippen molar-refractivity contribution in [2.75, 3.05) is 39.8 Å². The van der Waals surface area contributed by atoms with Gasteiger partial charge in [0.2, 0.25) is 0 Å². The summed E-state index contributed by atoms with van der Waals surface area (Å²) >= 11 is 0. The number of benzene rings is 1. The van der Waals surface area contributed by atoms with Crippen molar-refractivity contribution in [3.8, 4) is 11.4 Å². The molecule has 7 heteroatoms. The molecule has 3 rings (SSSR count). The summed E-state index contributed by atoms with van der Waals surface area (Å²) in [4.78, 5) is 7.21. The van der Waals surface area contributed by atoms with Gasteiger partial charge in [-0.3, -0.25) is 0 Å². The van der Waals surface area contributed by atoms with Crippen molar-refractivity contribution in [1.29, 1.82) is 0 Å². The summed E-state index contributed by atoms with van der Waals surface area (Å²) in [6.07, 6.45) is 5.98. The van der Waals surface area contributed by atoms with E-state index < -0.39 is 0 Å². The topological polar surface area (TPSA) is 66.7 Å². The minimum Gasteiger partial charge on any atom is -0.497 e. The lowest BCUT2D eigenvalue weighted by Gasteiger charge is -2.26. The molecule has 1 aliphatic heterocycles. The highest BCUT2D eigenvalue weighted by atomic mass is 16.5. The Bertz CT molecular complexity index is 734. The van der Waals surface area contributed by atoms with Crippen molar-refractivity contribution in [2.24, 2.45) is 4.99 Å². The number of guanidine groups is 1. The highest BCUT2D eigenvalue weighted by Crippen LogP contribution is 2.14. The number of nitrogens with one attached hydrogen (secondary N) is 2. The van der Waals surface area contributed by atoms with Gasteiger partial charge in [-0.1, -0.05) is 6.42 Å². The van der Waals surface area contributed by atoms with Crippen LogP contribution in [0.4, 0.5) is 0 Å². The number of rotatable bonds is 8. The van der Waals surface area contributed by atoms with Gasteiger partial charge in [-0.05, 0) is 63.2 Å². The second-order valence-electron chi connectivity index (χ2n) is 6.97. The van der Waals surface area contributed by atoms with Crippen molar-refractivity contribution in [2.45, 2.75) is 32.7 Å². The molecule has 2 aromatic rings. The molecule has 2 heterocycles. The highest BCUT2D eigenvalue weighted by Gasteiger charge is 2.09. The van der Waals surface area contributed by atoms with Crippen molar-refractivity contribution in [3.05, 3.63) is 42.2 Å². The predicted octanol–water partition coefficient (Wildman–Crippen LogP) is 2.42. The first kappa shape index (κ1) is 20.2. The predicted molar refractivity (Wildman–Crippen MR) is 113 cm³/mol. The molecule has 0 saturated carbocycles.